The first kappa shape index (κ1) is 20.1. The highest BCUT2D eigenvalue weighted by Crippen LogP contribution is 2.13. The average Bonchev–Trinajstić information content (AvgIpc) is 2.54. The van der Waals surface area contributed by atoms with Crippen molar-refractivity contribution in [1.82, 2.24) is 9.62 Å². The maximum Gasteiger partial charge on any atom is 0.305 e. The molecule has 0 spiro atoms. The minimum Gasteiger partial charge on any atom is -0.481 e. The van der Waals surface area contributed by atoms with Crippen molar-refractivity contribution in [1.29, 1.82) is 0 Å². The Morgan fingerprint density at radius 2 is 1.79 bits per heavy atom. The molecule has 0 saturated heterocycles. The zero-order chi connectivity index (χ0) is 18.3. The van der Waals surface area contributed by atoms with Crippen molar-refractivity contribution in [3.05, 3.63) is 29.8 Å². The largest absolute Gasteiger partial charge is 0.481 e. The molecule has 0 aromatic heterocycles. The van der Waals surface area contributed by atoms with Crippen molar-refractivity contribution in [3.8, 4) is 0 Å². The summed E-state index contributed by atoms with van der Waals surface area (Å²) in [6, 6.07) is 5.46. The topological polar surface area (TPSA) is 104 Å². The summed E-state index contributed by atoms with van der Waals surface area (Å²) in [5, 5.41) is 8.72. The van der Waals surface area contributed by atoms with E-state index in [2.05, 4.69) is 4.72 Å². The highest BCUT2D eigenvalue weighted by Gasteiger charge is 2.19. The van der Waals surface area contributed by atoms with E-state index in [-0.39, 0.29) is 29.8 Å². The Morgan fingerprint density at radius 1 is 1.21 bits per heavy atom. The maximum atomic E-state index is 12.3. The van der Waals surface area contributed by atoms with Crippen LogP contribution in [0.1, 0.15) is 44.0 Å². The molecule has 0 aliphatic heterocycles. The van der Waals surface area contributed by atoms with Crippen LogP contribution in [-0.2, 0) is 14.8 Å². The molecule has 134 valence electrons. The number of carboxylic acids is 1. The molecule has 1 atom stereocenters. The second kappa shape index (κ2) is 8.79. The summed E-state index contributed by atoms with van der Waals surface area (Å²) in [5.41, 5.74) is 0.324. The summed E-state index contributed by atoms with van der Waals surface area (Å²) in [6.07, 6.45) is 0.537. The number of carbonyl (C=O) groups excluding carboxylic acids is 1. The average molecular weight is 356 g/mol. The fraction of sp³-hybridized carbons (Fsp3) is 0.500. The zero-order valence-corrected chi connectivity index (χ0v) is 15.0. The van der Waals surface area contributed by atoms with Crippen molar-refractivity contribution < 1.29 is 23.1 Å². The Balaban J connectivity index is 2.89. The van der Waals surface area contributed by atoms with Crippen molar-refractivity contribution >= 4 is 21.9 Å². The third-order valence-corrected chi connectivity index (χ3v) is 5.25. The summed E-state index contributed by atoms with van der Waals surface area (Å²) >= 11 is 0. The molecule has 0 aliphatic rings. The van der Waals surface area contributed by atoms with Gasteiger partial charge in [0, 0.05) is 24.7 Å². The molecule has 0 radical (unpaired) electrons. The molecule has 0 fully saturated rings. The summed E-state index contributed by atoms with van der Waals surface area (Å²) in [4.78, 5) is 24.5. The molecule has 7 nitrogen and oxygen atoms in total. The predicted molar refractivity (Wildman–Crippen MR) is 90.3 cm³/mol. The molecular formula is C16H24N2O5S. The van der Waals surface area contributed by atoms with Gasteiger partial charge in [0.1, 0.15) is 0 Å². The Morgan fingerprint density at radius 3 is 2.25 bits per heavy atom. The third-order valence-electron chi connectivity index (χ3n) is 3.64. The number of nitrogens with one attached hydrogen (secondary N) is 1. The van der Waals surface area contributed by atoms with E-state index in [4.69, 9.17) is 5.11 Å². The molecule has 1 aromatic rings. The number of hydrogen-bond donors (Lipinski definition) is 2. The van der Waals surface area contributed by atoms with Gasteiger partial charge in [-0.1, -0.05) is 6.92 Å². The highest BCUT2D eigenvalue weighted by atomic mass is 32.2. The molecule has 0 saturated carbocycles. The number of benzene rings is 1. The third kappa shape index (κ3) is 5.61. The molecule has 1 rings (SSSR count). The molecule has 2 N–H and O–H groups in total. The van der Waals surface area contributed by atoms with Crippen molar-refractivity contribution in [3.63, 3.8) is 0 Å². The van der Waals surface area contributed by atoms with Crippen LogP contribution in [0.4, 0.5) is 0 Å². The Kier molecular flexibility index (Phi) is 7.37. The van der Waals surface area contributed by atoms with Crippen LogP contribution in [0.25, 0.3) is 0 Å². The number of rotatable bonds is 9. The number of amides is 1. The van der Waals surface area contributed by atoms with E-state index in [1.165, 1.54) is 29.2 Å². The first-order valence-corrected chi connectivity index (χ1v) is 9.33. The van der Waals surface area contributed by atoms with E-state index in [1.54, 1.807) is 13.8 Å². The van der Waals surface area contributed by atoms with Crippen LogP contribution in [0.2, 0.25) is 0 Å². The monoisotopic (exact) mass is 356 g/mol. The van der Waals surface area contributed by atoms with Crippen LogP contribution in [-0.4, -0.2) is 49.4 Å². The number of aliphatic carboxylic acids is 1. The minimum absolute atomic E-state index is 0.0907. The van der Waals surface area contributed by atoms with Gasteiger partial charge in [0.25, 0.3) is 5.91 Å². The molecule has 1 unspecified atom stereocenters. The van der Waals surface area contributed by atoms with Crippen molar-refractivity contribution in [2.75, 3.05) is 13.1 Å². The maximum absolute atomic E-state index is 12.3. The predicted octanol–water partition coefficient (Wildman–Crippen LogP) is 1.70. The van der Waals surface area contributed by atoms with Crippen LogP contribution >= 0.6 is 0 Å². The fourth-order valence-corrected chi connectivity index (χ4v) is 3.34. The van der Waals surface area contributed by atoms with Gasteiger partial charge >= 0.3 is 5.97 Å². The van der Waals surface area contributed by atoms with Crippen molar-refractivity contribution in [2.24, 2.45) is 0 Å². The summed E-state index contributed by atoms with van der Waals surface area (Å²) in [5.74, 6) is -1.30. The second-order valence-electron chi connectivity index (χ2n) is 5.48. The van der Waals surface area contributed by atoms with Crippen LogP contribution in [0.15, 0.2) is 29.2 Å². The van der Waals surface area contributed by atoms with Gasteiger partial charge in [-0.15, -0.1) is 0 Å². The van der Waals surface area contributed by atoms with Gasteiger partial charge in [0.15, 0.2) is 0 Å². The number of nitrogens with zero attached hydrogens (tertiary/aromatic N) is 1. The van der Waals surface area contributed by atoms with E-state index in [1.807, 2.05) is 6.92 Å². The molecular weight excluding hydrogens is 332 g/mol. The van der Waals surface area contributed by atoms with Gasteiger partial charge in [-0.3, -0.25) is 9.59 Å². The van der Waals surface area contributed by atoms with Gasteiger partial charge in [-0.05, 0) is 44.5 Å². The Hall–Kier alpha value is -1.93. The zero-order valence-electron chi connectivity index (χ0n) is 14.2. The highest BCUT2D eigenvalue weighted by molar-refractivity contribution is 7.89. The molecule has 8 heteroatoms. The Bertz CT molecular complexity index is 670. The van der Waals surface area contributed by atoms with Gasteiger partial charge in [0.2, 0.25) is 10.0 Å². The van der Waals surface area contributed by atoms with Crippen molar-refractivity contribution in [2.45, 2.75) is 44.6 Å². The molecule has 1 amide bonds. The van der Waals surface area contributed by atoms with Crippen LogP contribution < -0.4 is 4.72 Å². The number of carboxylic acid groups (broad SMARTS) is 1. The van der Waals surface area contributed by atoms with Gasteiger partial charge in [-0.2, -0.15) is 0 Å². The van der Waals surface area contributed by atoms with E-state index < -0.39 is 16.0 Å². The first-order valence-electron chi connectivity index (χ1n) is 7.84. The summed E-state index contributed by atoms with van der Waals surface area (Å²) in [7, 11) is -3.61. The molecule has 0 heterocycles. The van der Waals surface area contributed by atoms with Gasteiger partial charge in [0.05, 0.1) is 11.3 Å². The van der Waals surface area contributed by atoms with Gasteiger partial charge in [-0.25, -0.2) is 13.1 Å². The lowest BCUT2D eigenvalue weighted by molar-refractivity contribution is -0.137. The minimum atomic E-state index is -3.61. The molecule has 24 heavy (non-hydrogen) atoms. The van der Waals surface area contributed by atoms with E-state index in [9.17, 15) is 18.0 Å². The van der Waals surface area contributed by atoms with E-state index in [0.29, 0.717) is 18.5 Å². The molecule has 0 bridgehead atoms. The van der Waals surface area contributed by atoms with E-state index >= 15 is 0 Å². The van der Waals surface area contributed by atoms with Crippen LogP contribution in [0, 0.1) is 0 Å². The van der Waals surface area contributed by atoms with Crippen LogP contribution in [0.5, 0.6) is 0 Å². The molecule has 0 aliphatic carbocycles. The lowest BCUT2D eigenvalue weighted by atomic mass is 10.2. The SMILES string of the molecule is CCC(C)NS(=O)(=O)c1ccc(C(=O)N(CC)CCC(=O)O)cc1. The summed E-state index contributed by atoms with van der Waals surface area (Å²) < 4.78 is 26.9. The van der Waals surface area contributed by atoms with E-state index in [0.717, 1.165) is 0 Å². The first-order chi connectivity index (χ1) is 11.2. The molecule has 1 aromatic carbocycles. The number of carbonyl (C=O) groups is 2. The summed E-state index contributed by atoms with van der Waals surface area (Å²) in [6.45, 7) is 5.90. The van der Waals surface area contributed by atoms with Gasteiger partial charge < -0.3 is 10.0 Å². The lowest BCUT2D eigenvalue weighted by Crippen LogP contribution is -2.33. The normalized spacial score (nSPS) is 12.6. The number of sulfonamides is 1. The second-order valence-corrected chi connectivity index (χ2v) is 7.20. The quantitative estimate of drug-likeness (QED) is 0.701. The lowest BCUT2D eigenvalue weighted by Gasteiger charge is -2.20. The Labute approximate surface area is 142 Å². The standard InChI is InChI=1S/C16H24N2O5S/c1-4-12(3)17-24(22,23)14-8-6-13(7-9-14)16(21)18(5-2)11-10-15(19)20/h6-9,12,17H,4-5,10-11H2,1-3H3,(H,19,20). The fourth-order valence-electron chi connectivity index (χ4n) is 2.01. The smallest absolute Gasteiger partial charge is 0.305 e. The number of hydrogen-bond acceptors (Lipinski definition) is 4. The van der Waals surface area contributed by atoms with Crippen LogP contribution in [0.3, 0.4) is 0 Å².